The quantitative estimate of drug-likeness (QED) is 0.618. The Morgan fingerprint density at radius 3 is 2.59 bits per heavy atom. The molecule has 0 amide bonds. The summed E-state index contributed by atoms with van der Waals surface area (Å²) in [6.45, 7) is 3.57. The highest BCUT2D eigenvalue weighted by atomic mass is 16.5. The second kappa shape index (κ2) is 6.14. The molecule has 100 valence electrons. The van der Waals surface area contributed by atoms with E-state index in [2.05, 4.69) is 12.4 Å². The van der Waals surface area contributed by atoms with Crippen molar-refractivity contribution in [1.82, 2.24) is 5.48 Å². The number of hydrogen-bond acceptors (Lipinski definition) is 4. The third-order valence-corrected chi connectivity index (χ3v) is 4.53. The average Bonchev–Trinajstić information content (AvgIpc) is 2.53. The van der Waals surface area contributed by atoms with E-state index >= 15 is 0 Å². The van der Waals surface area contributed by atoms with E-state index in [4.69, 9.17) is 15.7 Å². The molecule has 0 spiro atoms. The number of nitrogens with two attached hydrogens (primary N) is 1. The van der Waals surface area contributed by atoms with Crippen LogP contribution in [0.2, 0.25) is 0 Å². The highest BCUT2D eigenvalue weighted by Gasteiger charge is 2.40. The van der Waals surface area contributed by atoms with E-state index in [9.17, 15) is 0 Å². The van der Waals surface area contributed by atoms with Gasteiger partial charge in [-0.05, 0) is 49.9 Å². The first-order valence-corrected chi connectivity index (χ1v) is 6.94. The van der Waals surface area contributed by atoms with Gasteiger partial charge in [0.2, 0.25) is 0 Å². The van der Waals surface area contributed by atoms with Crippen molar-refractivity contribution in [2.24, 2.45) is 23.5 Å². The standard InChI is InChI=1S/C13H26N2O2/c1-9(8-15-16)4-5-17-12-6-10-2-3-11(7-12)13(10)14/h9-13,15-16H,2-8,14H2,1H3/t9-,10?,11?,12?,13?/m1/s1. The predicted octanol–water partition coefficient (Wildman–Crippen LogP) is 1.52. The minimum atomic E-state index is 0.432. The van der Waals surface area contributed by atoms with Crippen LogP contribution in [0.4, 0.5) is 0 Å². The lowest BCUT2D eigenvalue weighted by atomic mass is 9.83. The van der Waals surface area contributed by atoms with Crippen molar-refractivity contribution < 1.29 is 9.94 Å². The molecule has 4 nitrogen and oxygen atoms in total. The first-order chi connectivity index (χ1) is 8.20. The molecule has 4 N–H and O–H groups in total. The Hall–Kier alpha value is -0.160. The maximum Gasteiger partial charge on any atom is 0.0581 e. The number of hydrogen-bond donors (Lipinski definition) is 3. The monoisotopic (exact) mass is 242 g/mol. The molecule has 4 heteroatoms. The first-order valence-electron chi connectivity index (χ1n) is 6.94. The molecule has 3 atom stereocenters. The minimum Gasteiger partial charge on any atom is -0.378 e. The van der Waals surface area contributed by atoms with Crippen molar-refractivity contribution in [3.63, 3.8) is 0 Å². The van der Waals surface area contributed by atoms with Crippen LogP contribution in [0.25, 0.3) is 0 Å². The van der Waals surface area contributed by atoms with Crippen molar-refractivity contribution in [3.05, 3.63) is 0 Å². The van der Waals surface area contributed by atoms with Crippen LogP contribution in [0.15, 0.2) is 0 Å². The van der Waals surface area contributed by atoms with Crippen LogP contribution < -0.4 is 11.2 Å². The fourth-order valence-electron chi connectivity index (χ4n) is 3.35. The Balaban J connectivity index is 1.64. The second-order valence-electron chi connectivity index (χ2n) is 5.90. The van der Waals surface area contributed by atoms with Crippen LogP contribution in [-0.4, -0.2) is 30.5 Å². The summed E-state index contributed by atoms with van der Waals surface area (Å²) in [6, 6.07) is 0.437. The first kappa shape index (κ1) is 13.3. The van der Waals surface area contributed by atoms with Crippen molar-refractivity contribution >= 4 is 0 Å². The number of nitrogens with one attached hydrogen (secondary N) is 1. The van der Waals surface area contributed by atoms with E-state index in [1.807, 2.05) is 0 Å². The molecule has 0 heterocycles. The molecule has 0 saturated heterocycles. The minimum absolute atomic E-state index is 0.432. The summed E-state index contributed by atoms with van der Waals surface area (Å²) < 4.78 is 5.96. The molecule has 0 aliphatic heterocycles. The fraction of sp³-hybridized carbons (Fsp3) is 1.00. The van der Waals surface area contributed by atoms with Gasteiger partial charge in [-0.15, -0.1) is 0 Å². The van der Waals surface area contributed by atoms with E-state index in [0.29, 0.717) is 36.4 Å². The third-order valence-electron chi connectivity index (χ3n) is 4.53. The number of fused-ring (bicyclic) bond motifs is 2. The normalized spacial score (nSPS) is 38.3. The van der Waals surface area contributed by atoms with E-state index in [1.54, 1.807) is 0 Å². The predicted molar refractivity (Wildman–Crippen MR) is 66.7 cm³/mol. The molecule has 2 aliphatic carbocycles. The molecule has 0 aromatic carbocycles. The van der Waals surface area contributed by atoms with Crippen LogP contribution in [-0.2, 0) is 4.74 Å². The van der Waals surface area contributed by atoms with E-state index in [1.165, 1.54) is 12.8 Å². The van der Waals surface area contributed by atoms with Crippen molar-refractivity contribution in [2.45, 2.75) is 51.2 Å². The molecule has 17 heavy (non-hydrogen) atoms. The lowest BCUT2D eigenvalue weighted by molar-refractivity contribution is -0.00218. The highest BCUT2D eigenvalue weighted by molar-refractivity contribution is 4.95. The molecule has 2 bridgehead atoms. The van der Waals surface area contributed by atoms with Gasteiger partial charge in [0.25, 0.3) is 0 Å². The summed E-state index contributed by atoms with van der Waals surface area (Å²) in [5.41, 5.74) is 8.39. The molecule has 2 fully saturated rings. The fourth-order valence-corrected chi connectivity index (χ4v) is 3.35. The van der Waals surface area contributed by atoms with Gasteiger partial charge < -0.3 is 15.7 Å². The third kappa shape index (κ3) is 3.41. The van der Waals surface area contributed by atoms with E-state index in [-0.39, 0.29) is 0 Å². The molecule has 2 saturated carbocycles. The van der Waals surface area contributed by atoms with Gasteiger partial charge >= 0.3 is 0 Å². The molecule has 2 rings (SSSR count). The van der Waals surface area contributed by atoms with Crippen molar-refractivity contribution in [1.29, 1.82) is 0 Å². The Kier molecular flexibility index (Phi) is 4.79. The topological polar surface area (TPSA) is 67.5 Å². The van der Waals surface area contributed by atoms with Gasteiger partial charge in [0.1, 0.15) is 0 Å². The smallest absolute Gasteiger partial charge is 0.0581 e. The van der Waals surface area contributed by atoms with Crippen molar-refractivity contribution in [3.8, 4) is 0 Å². The highest BCUT2D eigenvalue weighted by Crippen LogP contribution is 2.42. The molecule has 2 aliphatic rings. The summed E-state index contributed by atoms with van der Waals surface area (Å²) in [7, 11) is 0. The van der Waals surface area contributed by atoms with Gasteiger partial charge in [0.15, 0.2) is 0 Å². The number of ether oxygens (including phenoxy) is 1. The Morgan fingerprint density at radius 2 is 2.00 bits per heavy atom. The van der Waals surface area contributed by atoms with Gasteiger partial charge in [0, 0.05) is 19.2 Å². The summed E-state index contributed by atoms with van der Waals surface area (Å²) in [5.74, 6) is 1.87. The van der Waals surface area contributed by atoms with Crippen LogP contribution in [0, 0.1) is 17.8 Å². The summed E-state index contributed by atoms with van der Waals surface area (Å²) in [4.78, 5) is 0. The molecule has 0 aromatic rings. The molecule has 0 aromatic heterocycles. The Bertz CT molecular complexity index is 223. The zero-order chi connectivity index (χ0) is 12.3. The van der Waals surface area contributed by atoms with Crippen LogP contribution in [0.5, 0.6) is 0 Å². The molecular weight excluding hydrogens is 216 g/mol. The Labute approximate surface area is 104 Å². The maximum absolute atomic E-state index is 8.59. The van der Waals surface area contributed by atoms with E-state index in [0.717, 1.165) is 25.9 Å². The lowest BCUT2D eigenvalue weighted by Gasteiger charge is -2.33. The maximum atomic E-state index is 8.59. The molecule has 0 radical (unpaired) electrons. The van der Waals surface area contributed by atoms with Gasteiger partial charge in [-0.2, -0.15) is 0 Å². The van der Waals surface area contributed by atoms with Crippen LogP contribution >= 0.6 is 0 Å². The SMILES string of the molecule is C[C@H](CCOC1CC2CCC(C1)C2N)CNO. The van der Waals surface area contributed by atoms with Crippen molar-refractivity contribution in [2.75, 3.05) is 13.2 Å². The zero-order valence-electron chi connectivity index (χ0n) is 10.8. The number of rotatable bonds is 6. The molecule has 2 unspecified atom stereocenters. The summed E-state index contributed by atoms with van der Waals surface area (Å²) >= 11 is 0. The molecular formula is C13H26N2O2. The van der Waals surface area contributed by atoms with Gasteiger partial charge in [-0.25, -0.2) is 5.48 Å². The Morgan fingerprint density at radius 1 is 1.35 bits per heavy atom. The van der Waals surface area contributed by atoms with Gasteiger partial charge in [-0.3, -0.25) is 0 Å². The van der Waals surface area contributed by atoms with Gasteiger partial charge in [0.05, 0.1) is 6.10 Å². The van der Waals surface area contributed by atoms with Crippen LogP contribution in [0.3, 0.4) is 0 Å². The van der Waals surface area contributed by atoms with E-state index < -0.39 is 0 Å². The second-order valence-corrected chi connectivity index (χ2v) is 5.90. The largest absolute Gasteiger partial charge is 0.378 e. The average molecular weight is 242 g/mol. The summed E-state index contributed by atoms with van der Waals surface area (Å²) in [5, 5.41) is 8.59. The van der Waals surface area contributed by atoms with Gasteiger partial charge in [-0.1, -0.05) is 6.92 Å². The lowest BCUT2D eigenvalue weighted by Crippen LogP contribution is -2.40. The number of hydroxylamine groups is 1. The summed E-state index contributed by atoms with van der Waals surface area (Å²) in [6.07, 6.45) is 6.36. The van der Waals surface area contributed by atoms with Crippen LogP contribution in [0.1, 0.15) is 39.0 Å². The zero-order valence-corrected chi connectivity index (χ0v) is 10.8.